The van der Waals surface area contributed by atoms with E-state index in [9.17, 15) is 9.59 Å². The Morgan fingerprint density at radius 1 is 0.967 bits per heavy atom. The van der Waals surface area contributed by atoms with Crippen LogP contribution in [0.4, 0.5) is 4.79 Å². The minimum absolute atomic E-state index is 0.194. The number of thioether (sulfide) groups is 1. The van der Waals surface area contributed by atoms with Crippen molar-refractivity contribution < 1.29 is 14.3 Å². The number of halogens is 1. The fourth-order valence-electron chi connectivity index (χ4n) is 3.12. The zero-order chi connectivity index (χ0) is 20.9. The number of imide groups is 1. The van der Waals surface area contributed by atoms with E-state index in [-0.39, 0.29) is 24.3 Å². The first-order chi connectivity index (χ1) is 14.6. The minimum atomic E-state index is -0.310. The lowest BCUT2D eigenvalue weighted by atomic mass is 10.1. The molecule has 150 valence electrons. The zero-order valence-corrected chi connectivity index (χ0v) is 17.5. The van der Waals surface area contributed by atoms with Gasteiger partial charge >= 0.3 is 0 Å². The van der Waals surface area contributed by atoms with Crippen molar-refractivity contribution in [2.24, 2.45) is 0 Å². The van der Waals surface area contributed by atoms with Gasteiger partial charge in [0, 0.05) is 10.4 Å². The Hall–Kier alpha value is -3.02. The molecule has 30 heavy (non-hydrogen) atoms. The highest BCUT2D eigenvalue weighted by atomic mass is 35.5. The molecule has 0 radical (unpaired) electrons. The van der Waals surface area contributed by atoms with Crippen molar-refractivity contribution in [3.05, 3.63) is 94.4 Å². The second kappa shape index (κ2) is 9.20. The van der Waals surface area contributed by atoms with Crippen molar-refractivity contribution in [2.75, 3.05) is 13.2 Å². The summed E-state index contributed by atoms with van der Waals surface area (Å²) in [6.45, 7) is 0.425. The molecule has 1 aliphatic rings. The monoisotopic (exact) mass is 435 g/mol. The summed E-state index contributed by atoms with van der Waals surface area (Å²) in [4.78, 5) is 26.4. The summed E-state index contributed by atoms with van der Waals surface area (Å²) in [5.41, 5.74) is 0.845. The van der Waals surface area contributed by atoms with Crippen molar-refractivity contribution in [3.8, 4) is 5.75 Å². The highest BCUT2D eigenvalue weighted by Crippen LogP contribution is 2.31. The third-order valence-corrected chi connectivity index (χ3v) is 5.89. The summed E-state index contributed by atoms with van der Waals surface area (Å²) in [5.74, 6) is 0.425. The summed E-state index contributed by atoms with van der Waals surface area (Å²) in [7, 11) is 0. The number of nitrogens with zero attached hydrogens (tertiary/aromatic N) is 1. The number of allylic oxidation sites excluding steroid dienone is 2. The third-order valence-electron chi connectivity index (χ3n) is 4.62. The average molecular weight is 436 g/mol. The van der Waals surface area contributed by atoms with Gasteiger partial charge in [-0.2, -0.15) is 0 Å². The molecular formula is C24H18ClNO3S. The summed E-state index contributed by atoms with van der Waals surface area (Å²) in [5, 5.41) is 2.41. The summed E-state index contributed by atoms with van der Waals surface area (Å²) in [6, 6.07) is 21.2. The highest BCUT2D eigenvalue weighted by molar-refractivity contribution is 8.18. The van der Waals surface area contributed by atoms with E-state index in [0.717, 1.165) is 33.8 Å². The molecule has 0 bridgehead atoms. The zero-order valence-electron chi connectivity index (χ0n) is 16.0. The average Bonchev–Trinajstić information content (AvgIpc) is 3.03. The quantitative estimate of drug-likeness (QED) is 0.435. The van der Waals surface area contributed by atoms with Crippen LogP contribution in [-0.4, -0.2) is 29.2 Å². The molecule has 6 heteroatoms. The fourth-order valence-corrected chi connectivity index (χ4v) is 4.14. The largest absolute Gasteiger partial charge is 0.491 e. The van der Waals surface area contributed by atoms with E-state index in [1.165, 1.54) is 4.90 Å². The number of benzene rings is 3. The van der Waals surface area contributed by atoms with Crippen molar-refractivity contribution in [2.45, 2.75) is 0 Å². The standard InChI is InChI=1S/C24H18ClNO3S/c25-20-12-4-2-8-18(20)10-6-14-22-23(27)26(24(28)30-22)15-16-29-21-13-5-9-17-7-1-3-11-19(17)21/h1-14H,15-16H2/b10-6+,22-14-. The lowest BCUT2D eigenvalue weighted by Crippen LogP contribution is -2.32. The van der Waals surface area contributed by atoms with Crippen LogP contribution in [0.3, 0.4) is 0 Å². The van der Waals surface area contributed by atoms with Gasteiger partial charge in [0.2, 0.25) is 0 Å². The first kappa shape index (κ1) is 20.3. The normalized spacial score (nSPS) is 15.6. The van der Waals surface area contributed by atoms with Crippen LogP contribution in [0.25, 0.3) is 16.8 Å². The number of fused-ring (bicyclic) bond motifs is 1. The van der Waals surface area contributed by atoms with Crippen LogP contribution in [0.15, 0.2) is 83.8 Å². The molecule has 1 aliphatic heterocycles. The molecule has 2 amide bonds. The molecule has 0 unspecified atom stereocenters. The summed E-state index contributed by atoms with van der Waals surface area (Å²) >= 11 is 7.05. The van der Waals surface area contributed by atoms with Crippen LogP contribution < -0.4 is 4.74 Å². The lowest BCUT2D eigenvalue weighted by molar-refractivity contribution is -0.123. The molecule has 4 nitrogen and oxygen atoms in total. The van der Waals surface area contributed by atoms with E-state index < -0.39 is 0 Å². The Labute approximate surface area is 183 Å². The fraction of sp³-hybridized carbons (Fsp3) is 0.0833. The van der Waals surface area contributed by atoms with Crippen LogP contribution in [0, 0.1) is 0 Å². The molecule has 0 aliphatic carbocycles. The first-order valence-electron chi connectivity index (χ1n) is 9.40. The number of carbonyl (C=O) groups excluding carboxylic acids is 2. The molecule has 1 fully saturated rings. The van der Waals surface area contributed by atoms with Gasteiger partial charge in [-0.15, -0.1) is 0 Å². The van der Waals surface area contributed by atoms with E-state index in [4.69, 9.17) is 16.3 Å². The van der Waals surface area contributed by atoms with Gasteiger partial charge in [-0.25, -0.2) is 0 Å². The van der Waals surface area contributed by atoms with Gasteiger partial charge in [-0.3, -0.25) is 14.5 Å². The lowest BCUT2D eigenvalue weighted by Gasteiger charge is -2.14. The highest BCUT2D eigenvalue weighted by Gasteiger charge is 2.34. The van der Waals surface area contributed by atoms with E-state index in [1.807, 2.05) is 60.7 Å². The molecule has 3 aromatic rings. The number of ether oxygens (including phenoxy) is 1. The summed E-state index contributed by atoms with van der Waals surface area (Å²) < 4.78 is 5.86. The maximum atomic E-state index is 12.6. The molecule has 0 aromatic heterocycles. The molecule has 1 saturated heterocycles. The Morgan fingerprint density at radius 3 is 2.60 bits per heavy atom. The second-order valence-corrected chi connectivity index (χ2v) is 7.96. The van der Waals surface area contributed by atoms with Crippen LogP contribution >= 0.6 is 23.4 Å². The minimum Gasteiger partial charge on any atom is -0.491 e. The molecular weight excluding hydrogens is 418 g/mol. The number of rotatable bonds is 6. The smallest absolute Gasteiger partial charge is 0.293 e. The Morgan fingerprint density at radius 2 is 1.73 bits per heavy atom. The van der Waals surface area contributed by atoms with Gasteiger partial charge in [0.25, 0.3) is 11.1 Å². The number of hydrogen-bond acceptors (Lipinski definition) is 4. The predicted octanol–water partition coefficient (Wildman–Crippen LogP) is 6.16. The molecule has 0 spiro atoms. The molecule has 4 rings (SSSR count). The van der Waals surface area contributed by atoms with Crippen molar-refractivity contribution in [3.63, 3.8) is 0 Å². The third kappa shape index (κ3) is 4.42. The Kier molecular flexibility index (Phi) is 6.21. The van der Waals surface area contributed by atoms with Crippen LogP contribution in [0.1, 0.15) is 5.56 Å². The molecule has 0 N–H and O–H groups in total. The predicted molar refractivity (Wildman–Crippen MR) is 123 cm³/mol. The molecule has 0 saturated carbocycles. The maximum absolute atomic E-state index is 12.6. The van der Waals surface area contributed by atoms with E-state index >= 15 is 0 Å². The molecule has 0 atom stereocenters. The van der Waals surface area contributed by atoms with E-state index in [0.29, 0.717) is 9.93 Å². The number of carbonyl (C=O) groups is 2. The molecule has 1 heterocycles. The van der Waals surface area contributed by atoms with Gasteiger partial charge in [0.05, 0.1) is 11.4 Å². The van der Waals surface area contributed by atoms with Gasteiger partial charge < -0.3 is 4.74 Å². The van der Waals surface area contributed by atoms with Crippen molar-refractivity contribution >= 4 is 51.4 Å². The topological polar surface area (TPSA) is 46.6 Å². The molecule has 3 aromatic carbocycles. The SMILES string of the molecule is O=C1S/C(=C\C=C\c2ccccc2Cl)C(=O)N1CCOc1cccc2ccccc12. The van der Waals surface area contributed by atoms with E-state index in [1.54, 1.807) is 24.3 Å². The van der Waals surface area contributed by atoms with Crippen LogP contribution in [0.5, 0.6) is 5.75 Å². The maximum Gasteiger partial charge on any atom is 0.293 e. The van der Waals surface area contributed by atoms with Crippen molar-refractivity contribution in [1.29, 1.82) is 0 Å². The number of hydrogen-bond donors (Lipinski definition) is 0. The first-order valence-corrected chi connectivity index (χ1v) is 10.6. The van der Waals surface area contributed by atoms with Gasteiger partial charge in [0.1, 0.15) is 12.4 Å². The Balaban J connectivity index is 1.39. The van der Waals surface area contributed by atoms with Gasteiger partial charge in [-0.1, -0.05) is 78.4 Å². The van der Waals surface area contributed by atoms with Crippen LogP contribution in [0.2, 0.25) is 5.02 Å². The van der Waals surface area contributed by atoms with E-state index in [2.05, 4.69) is 0 Å². The Bertz CT molecular complexity index is 1170. The van der Waals surface area contributed by atoms with Gasteiger partial charge in [0.15, 0.2) is 0 Å². The van der Waals surface area contributed by atoms with Crippen LogP contribution in [-0.2, 0) is 4.79 Å². The second-order valence-electron chi connectivity index (χ2n) is 6.56. The van der Waals surface area contributed by atoms with Crippen molar-refractivity contribution in [1.82, 2.24) is 4.90 Å². The summed E-state index contributed by atoms with van der Waals surface area (Å²) in [6.07, 6.45) is 5.17. The van der Waals surface area contributed by atoms with Gasteiger partial charge in [-0.05, 0) is 40.9 Å². The number of amides is 2.